The molecule has 0 saturated carbocycles. The van der Waals surface area contributed by atoms with E-state index in [4.69, 9.17) is 0 Å². The van der Waals surface area contributed by atoms with E-state index in [2.05, 4.69) is 14.8 Å². The van der Waals surface area contributed by atoms with Crippen molar-refractivity contribution in [2.75, 3.05) is 25.6 Å². The Bertz CT molecular complexity index is 451. The van der Waals surface area contributed by atoms with Crippen molar-refractivity contribution in [3.8, 4) is 0 Å². The third-order valence-corrected chi connectivity index (χ3v) is 1.83. The highest BCUT2D eigenvalue weighted by atomic mass is 19.2. The molecule has 0 aliphatic heterocycles. The van der Waals surface area contributed by atoms with Crippen molar-refractivity contribution in [2.24, 2.45) is 0 Å². The Hall–Kier alpha value is -2.02. The number of anilines is 1. The highest BCUT2D eigenvalue weighted by Crippen LogP contribution is 2.12. The first-order valence-electron chi connectivity index (χ1n) is 4.92. The molecule has 1 amide bonds. The summed E-state index contributed by atoms with van der Waals surface area (Å²) in [7, 11) is 1.31. The van der Waals surface area contributed by atoms with Gasteiger partial charge < -0.3 is 14.8 Å². The fraction of sp³-hybridized carbons (Fsp3) is 0.273. The van der Waals surface area contributed by atoms with E-state index in [1.54, 1.807) is 0 Å². The highest BCUT2D eigenvalue weighted by Gasteiger charge is 2.09. The zero-order valence-corrected chi connectivity index (χ0v) is 9.54. The average Bonchev–Trinajstić information content (AvgIpc) is 2.32. The fourth-order valence-corrected chi connectivity index (χ4v) is 1.08. The molecule has 0 unspecified atom stereocenters. The molecule has 1 N–H and O–H groups in total. The molecule has 0 saturated heterocycles. The van der Waals surface area contributed by atoms with Gasteiger partial charge in [0.1, 0.15) is 6.61 Å². The third kappa shape index (κ3) is 4.46. The number of ether oxygens (including phenoxy) is 2. The number of hydrogen-bond donors (Lipinski definition) is 1. The van der Waals surface area contributed by atoms with Crippen LogP contribution in [0.1, 0.15) is 0 Å². The van der Waals surface area contributed by atoms with Crippen LogP contribution >= 0.6 is 0 Å². The molecule has 0 aliphatic rings. The summed E-state index contributed by atoms with van der Waals surface area (Å²) in [4.78, 5) is 22.1. The van der Waals surface area contributed by atoms with Crippen LogP contribution in [-0.4, -0.2) is 32.2 Å². The van der Waals surface area contributed by atoms with Gasteiger partial charge in [0.25, 0.3) is 5.91 Å². The first-order chi connectivity index (χ1) is 8.52. The Morgan fingerprint density at radius 1 is 1.22 bits per heavy atom. The van der Waals surface area contributed by atoms with Crippen LogP contribution in [0.5, 0.6) is 0 Å². The molecule has 1 aromatic rings. The minimum Gasteiger partial charge on any atom is -0.454 e. The number of carbonyl (C=O) groups excluding carboxylic acids is 2. The van der Waals surface area contributed by atoms with E-state index in [9.17, 15) is 18.4 Å². The molecule has 0 heterocycles. The second kappa shape index (κ2) is 6.65. The van der Waals surface area contributed by atoms with Gasteiger partial charge in [0.15, 0.2) is 18.2 Å². The summed E-state index contributed by atoms with van der Waals surface area (Å²) < 4.78 is 34.4. The standard InChI is InChI=1S/C11H11F2NO4/c1-17-6-11(16)18-5-10(15)14-7-2-3-8(12)9(13)4-7/h2-4H,5-6H2,1H3,(H,14,15). The number of benzene rings is 1. The van der Waals surface area contributed by atoms with Gasteiger partial charge in [0.2, 0.25) is 0 Å². The molecule has 5 nitrogen and oxygen atoms in total. The normalized spacial score (nSPS) is 9.94. The van der Waals surface area contributed by atoms with Gasteiger partial charge in [-0.3, -0.25) is 4.79 Å². The number of amides is 1. The maximum absolute atomic E-state index is 12.8. The van der Waals surface area contributed by atoms with Crippen LogP contribution in [0, 0.1) is 11.6 Å². The lowest BCUT2D eigenvalue weighted by molar-refractivity contribution is -0.150. The third-order valence-electron chi connectivity index (χ3n) is 1.83. The number of hydrogen-bond acceptors (Lipinski definition) is 4. The minimum atomic E-state index is -1.08. The van der Waals surface area contributed by atoms with Crippen LogP contribution < -0.4 is 5.32 Å². The zero-order chi connectivity index (χ0) is 13.5. The number of esters is 1. The topological polar surface area (TPSA) is 64.6 Å². The van der Waals surface area contributed by atoms with Gasteiger partial charge in [-0.05, 0) is 12.1 Å². The van der Waals surface area contributed by atoms with Gasteiger partial charge in [-0.25, -0.2) is 13.6 Å². The minimum absolute atomic E-state index is 0.0710. The molecule has 0 aliphatic carbocycles. The van der Waals surface area contributed by atoms with E-state index in [0.717, 1.165) is 12.1 Å². The summed E-state index contributed by atoms with van der Waals surface area (Å²) in [5, 5.41) is 2.24. The van der Waals surface area contributed by atoms with Gasteiger partial charge in [-0.15, -0.1) is 0 Å². The number of carbonyl (C=O) groups is 2. The molecule has 0 aromatic heterocycles. The molecule has 0 radical (unpaired) electrons. The van der Waals surface area contributed by atoms with Gasteiger partial charge in [0.05, 0.1) is 0 Å². The first-order valence-corrected chi connectivity index (χ1v) is 4.92. The van der Waals surface area contributed by atoms with E-state index < -0.39 is 30.1 Å². The van der Waals surface area contributed by atoms with Crippen LogP contribution in [0.3, 0.4) is 0 Å². The Morgan fingerprint density at radius 3 is 2.56 bits per heavy atom. The van der Waals surface area contributed by atoms with Crippen LogP contribution in [-0.2, 0) is 19.1 Å². The fourth-order valence-electron chi connectivity index (χ4n) is 1.08. The van der Waals surface area contributed by atoms with E-state index >= 15 is 0 Å². The van der Waals surface area contributed by atoms with Crippen molar-refractivity contribution >= 4 is 17.6 Å². The average molecular weight is 259 g/mol. The molecule has 0 bridgehead atoms. The van der Waals surface area contributed by atoms with Crippen molar-refractivity contribution < 1.29 is 27.8 Å². The summed E-state index contributed by atoms with van der Waals surface area (Å²) >= 11 is 0. The molecule has 1 aromatic carbocycles. The van der Waals surface area contributed by atoms with Gasteiger partial charge in [-0.1, -0.05) is 0 Å². The van der Waals surface area contributed by atoms with Crippen molar-refractivity contribution in [1.29, 1.82) is 0 Å². The summed E-state index contributed by atoms with van der Waals surface area (Å²) in [6.07, 6.45) is 0. The van der Waals surface area contributed by atoms with Gasteiger partial charge >= 0.3 is 5.97 Å². The molecule has 0 spiro atoms. The Labute approximate surface area is 102 Å². The lowest BCUT2D eigenvalue weighted by Crippen LogP contribution is -2.22. The molecule has 18 heavy (non-hydrogen) atoms. The molecule has 98 valence electrons. The maximum atomic E-state index is 12.8. The number of halogens is 2. The van der Waals surface area contributed by atoms with E-state index in [1.165, 1.54) is 13.2 Å². The lowest BCUT2D eigenvalue weighted by atomic mass is 10.3. The summed E-state index contributed by atoms with van der Waals surface area (Å²) in [5.41, 5.74) is 0.0710. The molecular weight excluding hydrogens is 248 g/mol. The molecule has 0 atom stereocenters. The van der Waals surface area contributed by atoms with Crippen LogP contribution in [0.15, 0.2) is 18.2 Å². The molecule has 1 rings (SSSR count). The number of methoxy groups -OCH3 is 1. The Balaban J connectivity index is 2.44. The van der Waals surface area contributed by atoms with E-state index in [-0.39, 0.29) is 12.3 Å². The maximum Gasteiger partial charge on any atom is 0.332 e. The largest absolute Gasteiger partial charge is 0.454 e. The summed E-state index contributed by atoms with van der Waals surface area (Å²) in [5.74, 6) is -3.45. The van der Waals surface area contributed by atoms with Crippen molar-refractivity contribution in [3.05, 3.63) is 29.8 Å². The van der Waals surface area contributed by atoms with Gasteiger partial charge in [-0.2, -0.15) is 0 Å². The Morgan fingerprint density at radius 2 is 1.94 bits per heavy atom. The lowest BCUT2D eigenvalue weighted by Gasteiger charge is -2.06. The zero-order valence-electron chi connectivity index (χ0n) is 9.54. The van der Waals surface area contributed by atoms with Crippen molar-refractivity contribution in [2.45, 2.75) is 0 Å². The monoisotopic (exact) mass is 259 g/mol. The highest BCUT2D eigenvalue weighted by molar-refractivity contribution is 5.92. The molecule has 0 fully saturated rings. The Kier molecular flexibility index (Phi) is 5.19. The van der Waals surface area contributed by atoms with Crippen LogP contribution in [0.4, 0.5) is 14.5 Å². The van der Waals surface area contributed by atoms with E-state index in [1.807, 2.05) is 0 Å². The summed E-state index contributed by atoms with van der Waals surface area (Å²) in [6, 6.07) is 2.89. The predicted octanol–water partition coefficient (Wildman–Crippen LogP) is 1.09. The van der Waals surface area contributed by atoms with Crippen LogP contribution in [0.25, 0.3) is 0 Å². The predicted molar refractivity (Wildman–Crippen MR) is 57.8 cm³/mol. The first kappa shape index (κ1) is 14.0. The second-order valence-electron chi connectivity index (χ2n) is 3.27. The van der Waals surface area contributed by atoms with Crippen molar-refractivity contribution in [1.82, 2.24) is 0 Å². The number of nitrogens with one attached hydrogen (secondary N) is 1. The molecular formula is C11H11F2NO4. The van der Waals surface area contributed by atoms with Crippen LogP contribution in [0.2, 0.25) is 0 Å². The number of rotatable bonds is 5. The van der Waals surface area contributed by atoms with E-state index in [0.29, 0.717) is 0 Å². The van der Waals surface area contributed by atoms with Crippen molar-refractivity contribution in [3.63, 3.8) is 0 Å². The second-order valence-corrected chi connectivity index (χ2v) is 3.27. The SMILES string of the molecule is COCC(=O)OCC(=O)Nc1ccc(F)c(F)c1. The summed E-state index contributed by atoms with van der Waals surface area (Å²) in [6.45, 7) is -0.792. The van der Waals surface area contributed by atoms with Gasteiger partial charge in [0, 0.05) is 18.9 Å². The molecule has 7 heteroatoms. The smallest absolute Gasteiger partial charge is 0.332 e. The quantitative estimate of drug-likeness (QED) is 0.804.